The molecule has 2 amide bonds. The molecule has 2 aromatic carbocycles. The second-order valence-electron chi connectivity index (χ2n) is 10.0. The molecular weight excluding hydrogens is 587 g/mol. The van der Waals surface area contributed by atoms with Gasteiger partial charge < -0.3 is 14.1 Å². The number of halogens is 2. The summed E-state index contributed by atoms with van der Waals surface area (Å²) in [6, 6.07) is 15.9. The fourth-order valence-electron chi connectivity index (χ4n) is 5.79. The summed E-state index contributed by atoms with van der Waals surface area (Å²) < 4.78 is 8.57. The van der Waals surface area contributed by atoms with Gasteiger partial charge in [0.15, 0.2) is 0 Å². The molecule has 9 nitrogen and oxygen atoms in total. The van der Waals surface area contributed by atoms with Crippen molar-refractivity contribution in [1.82, 2.24) is 20.1 Å². The van der Waals surface area contributed by atoms with Crippen molar-refractivity contribution in [3.63, 3.8) is 0 Å². The molecule has 1 aliphatic heterocycles. The predicted molar refractivity (Wildman–Crippen MR) is 158 cm³/mol. The lowest BCUT2D eigenvalue weighted by Crippen LogP contribution is -2.57. The first kappa shape index (κ1) is 29.6. The van der Waals surface area contributed by atoms with Crippen LogP contribution in [0.25, 0.3) is 0 Å². The standard InChI is InChI=1S/C29H30Cl2N4O5S/c1-39-41-34-23-10-4-5-11-24(23)35-27(21-14-13-17(30)15-22(21)31)26(19-8-2-3-9-20(19)29(35)38)28(37)33-40-16-18-7-6-12-25(36)32-18/h2-3,6-9,12-15,23-24,26-27,34H,4-5,10-11,16H2,1H3,(H,32,36)(H,33,37)/t23-,24-,26+,27-/m0/s1. The first-order valence-electron chi connectivity index (χ1n) is 13.3. The number of H-pyrrole nitrogens is 1. The minimum absolute atomic E-state index is 0.0476. The fourth-order valence-corrected chi connectivity index (χ4v) is 6.80. The van der Waals surface area contributed by atoms with Crippen molar-refractivity contribution in [1.29, 1.82) is 0 Å². The second-order valence-corrected chi connectivity index (χ2v) is 11.6. The first-order valence-corrected chi connectivity index (χ1v) is 14.8. The van der Waals surface area contributed by atoms with Gasteiger partial charge in [-0.05, 0) is 48.2 Å². The lowest BCUT2D eigenvalue weighted by molar-refractivity contribution is -0.138. The summed E-state index contributed by atoms with van der Waals surface area (Å²) in [5.41, 5.74) is 4.43. The molecule has 5 rings (SSSR count). The van der Waals surface area contributed by atoms with Gasteiger partial charge in [-0.3, -0.25) is 19.2 Å². The average molecular weight is 618 g/mol. The molecule has 216 valence electrons. The van der Waals surface area contributed by atoms with Crippen LogP contribution < -0.4 is 15.8 Å². The van der Waals surface area contributed by atoms with E-state index >= 15 is 0 Å². The van der Waals surface area contributed by atoms with Gasteiger partial charge in [0.05, 0.1) is 31.3 Å². The molecule has 3 N–H and O–H groups in total. The van der Waals surface area contributed by atoms with Gasteiger partial charge in [0.25, 0.3) is 11.8 Å². The SMILES string of the molecule is COSN[C@H]1CCCC[C@@H]1N1C(=O)c2ccccc2[C@@H](C(=O)NOCc2cccc(=O)[nH]2)[C@@H]1c1ccc(Cl)cc1Cl. The van der Waals surface area contributed by atoms with E-state index in [9.17, 15) is 14.4 Å². The van der Waals surface area contributed by atoms with Crippen molar-refractivity contribution >= 4 is 47.2 Å². The Balaban J connectivity index is 1.57. The van der Waals surface area contributed by atoms with Crippen molar-refractivity contribution in [2.24, 2.45) is 0 Å². The third-order valence-corrected chi connectivity index (χ3v) is 8.67. The van der Waals surface area contributed by atoms with Crippen LogP contribution in [-0.2, 0) is 20.4 Å². The molecule has 1 saturated carbocycles. The number of carbonyl (C=O) groups is 2. The quantitative estimate of drug-likeness (QED) is 0.169. The summed E-state index contributed by atoms with van der Waals surface area (Å²) in [7, 11) is 1.58. The molecule has 0 bridgehead atoms. The second kappa shape index (κ2) is 13.4. The van der Waals surface area contributed by atoms with Gasteiger partial charge in [-0.2, -0.15) is 0 Å². The molecule has 12 heteroatoms. The van der Waals surface area contributed by atoms with E-state index in [-0.39, 0.29) is 30.2 Å². The van der Waals surface area contributed by atoms with E-state index < -0.39 is 17.9 Å². The molecule has 1 aliphatic carbocycles. The fraction of sp³-hybridized carbons (Fsp3) is 0.345. The van der Waals surface area contributed by atoms with Gasteiger partial charge in [0.2, 0.25) is 5.56 Å². The largest absolute Gasteiger partial charge is 0.326 e. The number of aromatic nitrogens is 1. The lowest BCUT2D eigenvalue weighted by atomic mass is 9.76. The number of carbonyl (C=O) groups excluding carboxylic acids is 2. The maximum Gasteiger partial charge on any atom is 0.255 e. The number of nitrogens with zero attached hydrogens (tertiary/aromatic N) is 1. The Morgan fingerprint density at radius 1 is 1.05 bits per heavy atom. The van der Waals surface area contributed by atoms with E-state index in [1.54, 1.807) is 61.7 Å². The van der Waals surface area contributed by atoms with Crippen molar-refractivity contribution in [2.45, 2.75) is 56.3 Å². The molecule has 2 heterocycles. The maximum absolute atomic E-state index is 14.3. The van der Waals surface area contributed by atoms with E-state index in [0.717, 1.165) is 37.9 Å². The van der Waals surface area contributed by atoms with Crippen LogP contribution in [0.15, 0.2) is 65.5 Å². The van der Waals surface area contributed by atoms with E-state index in [1.165, 1.54) is 6.07 Å². The predicted octanol–water partition coefficient (Wildman–Crippen LogP) is 5.32. The summed E-state index contributed by atoms with van der Waals surface area (Å²) in [6.07, 6.45) is 3.51. The van der Waals surface area contributed by atoms with Gasteiger partial charge in [0, 0.05) is 39.5 Å². The molecule has 0 spiro atoms. The molecule has 3 aromatic rings. The third-order valence-electron chi connectivity index (χ3n) is 7.54. The van der Waals surface area contributed by atoms with Crippen LogP contribution in [0.3, 0.4) is 0 Å². The average Bonchev–Trinajstić information content (AvgIpc) is 2.96. The smallest absolute Gasteiger partial charge is 0.255 e. The zero-order valence-electron chi connectivity index (χ0n) is 22.3. The van der Waals surface area contributed by atoms with E-state index in [4.69, 9.17) is 32.2 Å². The number of aromatic amines is 1. The zero-order valence-corrected chi connectivity index (χ0v) is 24.6. The van der Waals surface area contributed by atoms with Crippen LogP contribution >= 0.6 is 35.4 Å². The van der Waals surface area contributed by atoms with Gasteiger partial charge in [-0.1, -0.05) is 66.4 Å². The van der Waals surface area contributed by atoms with Crippen molar-refractivity contribution in [3.8, 4) is 0 Å². The molecule has 0 radical (unpaired) electrons. The number of rotatable bonds is 9. The Kier molecular flexibility index (Phi) is 9.69. The van der Waals surface area contributed by atoms with Crippen LogP contribution in [0.2, 0.25) is 10.0 Å². The summed E-state index contributed by atoms with van der Waals surface area (Å²) in [4.78, 5) is 50.0. The minimum Gasteiger partial charge on any atom is -0.326 e. The Morgan fingerprint density at radius 2 is 1.85 bits per heavy atom. The Labute approximate surface area is 252 Å². The molecule has 0 saturated heterocycles. The molecule has 0 unspecified atom stereocenters. The zero-order chi connectivity index (χ0) is 28.9. The number of fused-ring (bicyclic) bond motifs is 1. The molecule has 1 aromatic heterocycles. The van der Waals surface area contributed by atoms with E-state index in [0.29, 0.717) is 32.4 Å². The first-order chi connectivity index (χ1) is 19.9. The van der Waals surface area contributed by atoms with Crippen molar-refractivity contribution in [3.05, 3.63) is 103 Å². The molecule has 2 aliphatic rings. The number of hydrogen-bond acceptors (Lipinski definition) is 7. The Bertz CT molecular complexity index is 1470. The Hall–Kier alpha value is -2.86. The monoisotopic (exact) mass is 616 g/mol. The number of hydrogen-bond donors (Lipinski definition) is 3. The summed E-state index contributed by atoms with van der Waals surface area (Å²) in [5, 5.41) is 0.801. The van der Waals surface area contributed by atoms with Crippen molar-refractivity contribution in [2.75, 3.05) is 7.11 Å². The molecule has 4 atom stereocenters. The molecule has 1 fully saturated rings. The van der Waals surface area contributed by atoms with Gasteiger partial charge >= 0.3 is 0 Å². The summed E-state index contributed by atoms with van der Waals surface area (Å²) in [6.45, 7) is -0.0476. The highest BCUT2D eigenvalue weighted by Gasteiger charge is 2.49. The van der Waals surface area contributed by atoms with E-state index in [1.807, 2.05) is 4.90 Å². The lowest BCUT2D eigenvalue weighted by Gasteiger charge is -2.49. The number of hydroxylamine groups is 1. The van der Waals surface area contributed by atoms with Crippen LogP contribution in [0.1, 0.15) is 64.8 Å². The topological polar surface area (TPSA) is 113 Å². The van der Waals surface area contributed by atoms with Crippen LogP contribution in [0, 0.1) is 0 Å². The van der Waals surface area contributed by atoms with Gasteiger partial charge in [-0.15, -0.1) is 0 Å². The molecular formula is C29H30Cl2N4O5S. The highest BCUT2D eigenvalue weighted by molar-refractivity contribution is 7.92. The maximum atomic E-state index is 14.3. The van der Waals surface area contributed by atoms with Gasteiger partial charge in [-0.25, -0.2) is 10.2 Å². The molecule has 41 heavy (non-hydrogen) atoms. The number of nitrogens with one attached hydrogen (secondary N) is 3. The van der Waals surface area contributed by atoms with Crippen LogP contribution in [0.4, 0.5) is 0 Å². The normalized spacial score (nSPS) is 22.3. The van der Waals surface area contributed by atoms with Crippen LogP contribution in [-0.4, -0.2) is 40.9 Å². The third kappa shape index (κ3) is 6.48. The number of benzene rings is 2. The summed E-state index contributed by atoms with van der Waals surface area (Å²) >= 11 is 14.2. The highest BCUT2D eigenvalue weighted by Crippen LogP contribution is 2.48. The van der Waals surface area contributed by atoms with Crippen molar-refractivity contribution < 1.29 is 18.6 Å². The minimum atomic E-state index is -0.852. The summed E-state index contributed by atoms with van der Waals surface area (Å²) in [5.74, 6) is -1.48. The Morgan fingerprint density at radius 3 is 2.63 bits per heavy atom. The number of pyridine rings is 1. The van der Waals surface area contributed by atoms with Gasteiger partial charge in [0.1, 0.15) is 6.61 Å². The van der Waals surface area contributed by atoms with Crippen LogP contribution in [0.5, 0.6) is 0 Å². The number of amides is 2. The highest BCUT2D eigenvalue weighted by atomic mass is 35.5. The van der Waals surface area contributed by atoms with E-state index in [2.05, 4.69) is 15.2 Å².